The normalized spacial score (nSPS) is 10.5. The number of nitrogens with zero attached hydrogens (tertiary/aromatic N) is 3. The number of nitrogens with one attached hydrogen (secondary N) is 1. The predicted molar refractivity (Wildman–Crippen MR) is 105 cm³/mol. The molecule has 0 radical (unpaired) electrons. The summed E-state index contributed by atoms with van der Waals surface area (Å²) in [5, 5.41) is 16.4. The van der Waals surface area contributed by atoms with Crippen LogP contribution in [0.5, 0.6) is 5.75 Å². The highest BCUT2D eigenvalue weighted by Gasteiger charge is 2.01. The van der Waals surface area contributed by atoms with Gasteiger partial charge in [-0.05, 0) is 29.7 Å². The van der Waals surface area contributed by atoms with Crippen molar-refractivity contribution >= 4 is 0 Å². The second-order valence-corrected chi connectivity index (χ2v) is 6.39. The van der Waals surface area contributed by atoms with Crippen molar-refractivity contribution in [2.24, 2.45) is 0 Å². The lowest BCUT2D eigenvalue weighted by Crippen LogP contribution is -2.12. The summed E-state index contributed by atoms with van der Waals surface area (Å²) in [5.74, 6) is 0.850. The quantitative estimate of drug-likeness (QED) is 0.557. The molecule has 1 heterocycles. The molecule has 138 valence electrons. The van der Waals surface area contributed by atoms with Crippen LogP contribution >= 0.6 is 0 Å². The first-order valence-corrected chi connectivity index (χ1v) is 9.18. The monoisotopic (exact) mass is 360 g/mol. The van der Waals surface area contributed by atoms with Gasteiger partial charge in [-0.1, -0.05) is 42.5 Å². The summed E-state index contributed by atoms with van der Waals surface area (Å²) < 4.78 is 7.64. The largest absolute Gasteiger partial charge is 0.494 e. The van der Waals surface area contributed by atoms with E-state index in [9.17, 15) is 0 Å². The van der Waals surface area contributed by atoms with Crippen LogP contribution in [0.15, 0.2) is 67.0 Å². The zero-order chi connectivity index (χ0) is 18.7. The maximum Gasteiger partial charge on any atom is 0.119 e. The molecular formula is C22H24N4O. The van der Waals surface area contributed by atoms with Gasteiger partial charge in [-0.2, -0.15) is 10.4 Å². The average molecular weight is 360 g/mol. The zero-order valence-electron chi connectivity index (χ0n) is 15.3. The minimum atomic E-state index is 0.527. The Morgan fingerprint density at radius 2 is 1.81 bits per heavy atom. The molecule has 0 amide bonds. The summed E-state index contributed by atoms with van der Waals surface area (Å²) in [6, 6.07) is 20.5. The van der Waals surface area contributed by atoms with E-state index in [1.807, 2.05) is 47.3 Å². The third-order valence-electron chi connectivity index (χ3n) is 4.13. The lowest BCUT2D eigenvalue weighted by atomic mass is 10.2. The van der Waals surface area contributed by atoms with Gasteiger partial charge in [-0.25, -0.2) is 0 Å². The fourth-order valence-corrected chi connectivity index (χ4v) is 2.79. The van der Waals surface area contributed by atoms with Crippen molar-refractivity contribution in [3.63, 3.8) is 0 Å². The molecule has 1 aromatic heterocycles. The molecule has 0 saturated heterocycles. The van der Waals surface area contributed by atoms with Crippen molar-refractivity contribution in [1.82, 2.24) is 15.1 Å². The smallest absolute Gasteiger partial charge is 0.119 e. The van der Waals surface area contributed by atoms with E-state index in [-0.39, 0.29) is 0 Å². The summed E-state index contributed by atoms with van der Waals surface area (Å²) in [6.07, 6.45) is 5.27. The molecule has 0 atom stereocenters. The van der Waals surface area contributed by atoms with Crippen molar-refractivity contribution < 1.29 is 4.74 Å². The zero-order valence-corrected chi connectivity index (χ0v) is 15.3. The summed E-state index contributed by atoms with van der Waals surface area (Å²) in [4.78, 5) is 0. The molecule has 5 nitrogen and oxygen atoms in total. The molecule has 0 aliphatic rings. The van der Waals surface area contributed by atoms with Gasteiger partial charge in [0.25, 0.3) is 0 Å². The Kier molecular flexibility index (Phi) is 7.02. The van der Waals surface area contributed by atoms with Gasteiger partial charge in [0.1, 0.15) is 5.75 Å². The fraction of sp³-hybridized carbons (Fsp3) is 0.273. The minimum Gasteiger partial charge on any atom is -0.494 e. The molecule has 3 rings (SSSR count). The standard InChI is InChI=1S/C22H24N4O/c23-11-4-5-12-27-22-10-6-9-20(13-22)14-24-15-21-16-25-26(18-21)17-19-7-2-1-3-8-19/h1-3,6-10,13,16,18,24H,4-5,12,14-15,17H2. The molecule has 27 heavy (non-hydrogen) atoms. The third kappa shape index (κ3) is 6.28. The summed E-state index contributed by atoms with van der Waals surface area (Å²) in [6.45, 7) is 2.89. The Morgan fingerprint density at radius 1 is 1.00 bits per heavy atom. The first-order valence-electron chi connectivity index (χ1n) is 9.18. The fourth-order valence-electron chi connectivity index (χ4n) is 2.79. The van der Waals surface area contributed by atoms with Crippen molar-refractivity contribution in [3.05, 3.63) is 83.7 Å². The van der Waals surface area contributed by atoms with Crippen LogP contribution < -0.4 is 10.1 Å². The average Bonchev–Trinajstić information content (AvgIpc) is 3.14. The molecule has 0 bridgehead atoms. The third-order valence-corrected chi connectivity index (χ3v) is 4.13. The van der Waals surface area contributed by atoms with Crippen LogP contribution in [0.25, 0.3) is 0 Å². The molecule has 5 heteroatoms. The van der Waals surface area contributed by atoms with Crippen LogP contribution in [0.2, 0.25) is 0 Å². The number of benzene rings is 2. The highest BCUT2D eigenvalue weighted by molar-refractivity contribution is 5.28. The van der Waals surface area contributed by atoms with Crippen molar-refractivity contribution in [3.8, 4) is 11.8 Å². The summed E-state index contributed by atoms with van der Waals surface area (Å²) in [7, 11) is 0. The van der Waals surface area contributed by atoms with Gasteiger partial charge in [-0.15, -0.1) is 0 Å². The number of hydrogen-bond donors (Lipinski definition) is 1. The van der Waals surface area contributed by atoms with Crippen molar-refractivity contribution in [2.75, 3.05) is 6.61 Å². The molecule has 1 N–H and O–H groups in total. The maximum absolute atomic E-state index is 8.55. The summed E-state index contributed by atoms with van der Waals surface area (Å²) >= 11 is 0. The van der Waals surface area contributed by atoms with E-state index >= 15 is 0 Å². The Morgan fingerprint density at radius 3 is 2.67 bits per heavy atom. The Bertz CT molecular complexity index is 867. The first kappa shape index (κ1) is 18.7. The van der Waals surface area contributed by atoms with Gasteiger partial charge in [0, 0.05) is 31.3 Å². The van der Waals surface area contributed by atoms with Gasteiger partial charge >= 0.3 is 0 Å². The SMILES string of the molecule is N#CCCCOc1cccc(CNCc2cnn(Cc3ccccc3)c2)c1. The molecule has 0 saturated carbocycles. The molecule has 3 aromatic rings. The Labute approximate surface area is 160 Å². The molecule has 0 unspecified atom stereocenters. The number of unbranched alkanes of at least 4 members (excludes halogenated alkanes) is 1. The highest BCUT2D eigenvalue weighted by Crippen LogP contribution is 2.14. The number of nitriles is 1. The van der Waals surface area contributed by atoms with Gasteiger partial charge in [-0.3, -0.25) is 4.68 Å². The molecule has 0 spiro atoms. The molecule has 2 aromatic carbocycles. The van der Waals surface area contributed by atoms with Gasteiger partial charge < -0.3 is 10.1 Å². The lowest BCUT2D eigenvalue weighted by Gasteiger charge is -2.08. The van der Waals surface area contributed by atoms with E-state index in [0.717, 1.165) is 37.4 Å². The van der Waals surface area contributed by atoms with Crippen LogP contribution in [0.1, 0.15) is 29.5 Å². The van der Waals surface area contributed by atoms with E-state index in [1.165, 1.54) is 11.1 Å². The highest BCUT2D eigenvalue weighted by atomic mass is 16.5. The summed E-state index contributed by atoms with van der Waals surface area (Å²) in [5.41, 5.74) is 3.57. The number of rotatable bonds is 10. The van der Waals surface area contributed by atoms with Gasteiger partial charge in [0.05, 0.1) is 25.4 Å². The van der Waals surface area contributed by atoms with Crippen LogP contribution in [0, 0.1) is 11.3 Å². The number of aromatic nitrogens is 2. The lowest BCUT2D eigenvalue weighted by molar-refractivity contribution is 0.312. The van der Waals surface area contributed by atoms with Gasteiger partial charge in [0.2, 0.25) is 0 Å². The first-order chi connectivity index (χ1) is 13.3. The van der Waals surface area contributed by atoms with Crippen LogP contribution in [0.3, 0.4) is 0 Å². The number of ether oxygens (including phenoxy) is 1. The number of hydrogen-bond acceptors (Lipinski definition) is 4. The maximum atomic E-state index is 8.55. The molecular weight excluding hydrogens is 336 g/mol. The second-order valence-electron chi connectivity index (χ2n) is 6.39. The van der Waals surface area contributed by atoms with E-state index in [4.69, 9.17) is 10.00 Å². The molecule has 0 fully saturated rings. The van der Waals surface area contributed by atoms with E-state index in [0.29, 0.717) is 13.0 Å². The van der Waals surface area contributed by atoms with Gasteiger partial charge in [0.15, 0.2) is 0 Å². The van der Waals surface area contributed by atoms with Crippen molar-refractivity contribution in [2.45, 2.75) is 32.5 Å². The topological polar surface area (TPSA) is 62.9 Å². The minimum absolute atomic E-state index is 0.527. The van der Waals surface area contributed by atoms with Crippen molar-refractivity contribution in [1.29, 1.82) is 5.26 Å². The molecule has 0 aliphatic carbocycles. The van der Waals surface area contributed by atoms with Crippen LogP contribution in [-0.4, -0.2) is 16.4 Å². The second kappa shape index (κ2) is 10.1. The van der Waals surface area contributed by atoms with Crippen LogP contribution in [-0.2, 0) is 19.6 Å². The molecule has 0 aliphatic heterocycles. The van der Waals surface area contributed by atoms with E-state index in [2.05, 4.69) is 40.9 Å². The van der Waals surface area contributed by atoms with E-state index < -0.39 is 0 Å². The predicted octanol–water partition coefficient (Wildman–Crippen LogP) is 3.90. The van der Waals surface area contributed by atoms with Crippen LogP contribution in [0.4, 0.5) is 0 Å². The Balaban J connectivity index is 1.44. The Hall–Kier alpha value is -3.10. The van der Waals surface area contributed by atoms with E-state index in [1.54, 1.807) is 0 Å².